The molecule has 1 aliphatic carbocycles. The third kappa shape index (κ3) is 5.06. The van der Waals surface area contributed by atoms with Crippen LogP contribution in [0.1, 0.15) is 49.4 Å². The largest absolute Gasteiger partial charge is 0.482 e. The molecule has 5 heteroatoms. The molecule has 0 aliphatic heterocycles. The Morgan fingerprint density at radius 3 is 2.35 bits per heavy atom. The van der Waals surface area contributed by atoms with Crippen molar-refractivity contribution < 1.29 is 23.8 Å². The monoisotopic (exact) mass is 320 g/mol. The molecule has 0 aromatic heterocycles. The van der Waals surface area contributed by atoms with Crippen LogP contribution in [-0.4, -0.2) is 37.7 Å². The fourth-order valence-corrected chi connectivity index (χ4v) is 2.75. The van der Waals surface area contributed by atoms with Crippen molar-refractivity contribution in [2.45, 2.75) is 51.2 Å². The van der Waals surface area contributed by atoms with E-state index in [1.807, 2.05) is 6.92 Å². The van der Waals surface area contributed by atoms with E-state index in [0.717, 1.165) is 25.7 Å². The van der Waals surface area contributed by atoms with Crippen LogP contribution in [0.5, 0.6) is 5.75 Å². The van der Waals surface area contributed by atoms with Crippen LogP contribution in [0, 0.1) is 0 Å². The van der Waals surface area contributed by atoms with Gasteiger partial charge in [-0.15, -0.1) is 0 Å². The topological polar surface area (TPSA) is 61.8 Å². The molecule has 0 saturated heterocycles. The molecular formula is C18H24O5. The summed E-state index contributed by atoms with van der Waals surface area (Å²) in [6, 6.07) is 6.78. The zero-order valence-electron chi connectivity index (χ0n) is 13.7. The van der Waals surface area contributed by atoms with Crippen molar-refractivity contribution in [3.8, 4) is 5.75 Å². The molecule has 1 aromatic rings. The number of esters is 1. The zero-order chi connectivity index (χ0) is 16.7. The van der Waals surface area contributed by atoms with Gasteiger partial charge in [0.15, 0.2) is 12.4 Å². The molecule has 0 spiro atoms. The van der Waals surface area contributed by atoms with Gasteiger partial charge in [0.05, 0.1) is 6.10 Å². The molecule has 5 nitrogen and oxygen atoms in total. The highest BCUT2D eigenvalue weighted by molar-refractivity contribution is 5.95. The summed E-state index contributed by atoms with van der Waals surface area (Å²) < 4.78 is 16.2. The maximum absolute atomic E-state index is 11.9. The number of ketones is 1. The molecule has 2 unspecified atom stereocenters. The first-order valence-corrected chi connectivity index (χ1v) is 8.12. The average molecular weight is 320 g/mol. The number of ether oxygens (including phenoxy) is 3. The van der Waals surface area contributed by atoms with Crippen LogP contribution in [0.4, 0.5) is 0 Å². The second-order valence-corrected chi connectivity index (χ2v) is 5.68. The molecule has 2 atom stereocenters. The first-order chi connectivity index (χ1) is 11.1. The van der Waals surface area contributed by atoms with Gasteiger partial charge in [-0.1, -0.05) is 13.3 Å². The van der Waals surface area contributed by atoms with Crippen molar-refractivity contribution >= 4 is 11.8 Å². The highest BCUT2D eigenvalue weighted by Gasteiger charge is 2.28. The second kappa shape index (κ2) is 8.67. The van der Waals surface area contributed by atoms with Crippen LogP contribution in [0.15, 0.2) is 24.3 Å². The normalized spacial score (nSPS) is 20.8. The van der Waals surface area contributed by atoms with Crippen molar-refractivity contribution in [3.05, 3.63) is 29.8 Å². The number of Topliss-reactive ketones (excluding diaryl/α,β-unsaturated/α-hetero) is 1. The summed E-state index contributed by atoms with van der Waals surface area (Å²) in [6.07, 6.45) is 4.16. The summed E-state index contributed by atoms with van der Waals surface area (Å²) in [7, 11) is 1.65. The van der Waals surface area contributed by atoms with Gasteiger partial charge in [0.1, 0.15) is 11.9 Å². The molecule has 126 valence electrons. The van der Waals surface area contributed by atoms with Crippen molar-refractivity contribution in [1.29, 1.82) is 0 Å². The smallest absolute Gasteiger partial charge is 0.344 e. The average Bonchev–Trinajstić information content (AvgIpc) is 2.60. The fourth-order valence-electron chi connectivity index (χ4n) is 2.75. The quantitative estimate of drug-likeness (QED) is 0.570. The van der Waals surface area contributed by atoms with Gasteiger partial charge in [0, 0.05) is 19.1 Å². The number of rotatable bonds is 7. The molecule has 0 N–H and O–H groups in total. The van der Waals surface area contributed by atoms with Crippen LogP contribution in [0.2, 0.25) is 0 Å². The van der Waals surface area contributed by atoms with Crippen molar-refractivity contribution in [2.24, 2.45) is 0 Å². The highest BCUT2D eigenvalue weighted by atomic mass is 16.6. The minimum absolute atomic E-state index is 0.0213. The fraction of sp³-hybridized carbons (Fsp3) is 0.556. The van der Waals surface area contributed by atoms with E-state index in [0.29, 0.717) is 17.7 Å². The number of hydrogen-bond acceptors (Lipinski definition) is 5. The van der Waals surface area contributed by atoms with Gasteiger partial charge in [-0.05, 0) is 43.5 Å². The molecular weight excluding hydrogens is 296 g/mol. The Morgan fingerprint density at radius 2 is 1.74 bits per heavy atom. The Kier molecular flexibility index (Phi) is 6.59. The Balaban J connectivity index is 1.80. The van der Waals surface area contributed by atoms with E-state index in [4.69, 9.17) is 14.2 Å². The predicted molar refractivity (Wildman–Crippen MR) is 85.7 cm³/mol. The lowest BCUT2D eigenvalue weighted by Gasteiger charge is -2.29. The number of carbonyl (C=O) groups excluding carboxylic acids is 2. The van der Waals surface area contributed by atoms with Crippen LogP contribution < -0.4 is 4.74 Å². The van der Waals surface area contributed by atoms with E-state index < -0.39 is 5.97 Å². The van der Waals surface area contributed by atoms with E-state index in [9.17, 15) is 9.59 Å². The summed E-state index contributed by atoms with van der Waals surface area (Å²) in [5.41, 5.74) is 0.646. The van der Waals surface area contributed by atoms with Gasteiger partial charge in [0.2, 0.25) is 0 Å². The van der Waals surface area contributed by atoms with Crippen molar-refractivity contribution in [1.82, 2.24) is 0 Å². The first kappa shape index (κ1) is 17.5. The van der Waals surface area contributed by atoms with Gasteiger partial charge >= 0.3 is 5.97 Å². The lowest BCUT2D eigenvalue weighted by Crippen LogP contribution is -2.36. The van der Waals surface area contributed by atoms with Crippen LogP contribution >= 0.6 is 0 Å². The van der Waals surface area contributed by atoms with Gasteiger partial charge in [0.25, 0.3) is 0 Å². The van der Waals surface area contributed by atoms with E-state index >= 15 is 0 Å². The SMILES string of the molecule is CCC(=O)c1ccc(OCC(=O)OC2CCCCC2OC)cc1. The third-order valence-electron chi connectivity index (χ3n) is 4.08. The summed E-state index contributed by atoms with van der Waals surface area (Å²) in [4.78, 5) is 23.5. The molecule has 1 saturated carbocycles. The molecule has 23 heavy (non-hydrogen) atoms. The Bertz CT molecular complexity index is 523. The van der Waals surface area contributed by atoms with E-state index in [-0.39, 0.29) is 24.6 Å². The predicted octanol–water partition coefficient (Wildman–Crippen LogP) is 3.16. The number of hydrogen-bond donors (Lipinski definition) is 0. The zero-order valence-corrected chi connectivity index (χ0v) is 13.7. The van der Waals surface area contributed by atoms with Crippen LogP contribution in [0.3, 0.4) is 0 Å². The first-order valence-electron chi connectivity index (χ1n) is 8.12. The van der Waals surface area contributed by atoms with Crippen molar-refractivity contribution in [3.63, 3.8) is 0 Å². The molecule has 1 fully saturated rings. The maximum Gasteiger partial charge on any atom is 0.344 e. The van der Waals surface area contributed by atoms with Crippen LogP contribution in [-0.2, 0) is 14.3 Å². The second-order valence-electron chi connectivity index (χ2n) is 5.68. The number of benzene rings is 1. The van der Waals surface area contributed by atoms with Crippen molar-refractivity contribution in [2.75, 3.05) is 13.7 Å². The summed E-state index contributed by atoms with van der Waals surface area (Å²) in [5.74, 6) is 0.230. The summed E-state index contributed by atoms with van der Waals surface area (Å²) in [6.45, 7) is 1.68. The van der Waals surface area contributed by atoms with E-state index in [1.165, 1.54) is 0 Å². The lowest BCUT2D eigenvalue weighted by molar-refractivity contribution is -0.161. The minimum Gasteiger partial charge on any atom is -0.482 e. The maximum atomic E-state index is 11.9. The molecule has 0 heterocycles. The minimum atomic E-state index is -0.396. The molecule has 0 bridgehead atoms. The van der Waals surface area contributed by atoms with E-state index in [2.05, 4.69) is 0 Å². The Labute approximate surface area is 136 Å². The number of carbonyl (C=O) groups is 2. The third-order valence-corrected chi connectivity index (χ3v) is 4.08. The van der Waals surface area contributed by atoms with Gasteiger partial charge in [-0.2, -0.15) is 0 Å². The molecule has 0 amide bonds. The van der Waals surface area contributed by atoms with Gasteiger partial charge < -0.3 is 14.2 Å². The summed E-state index contributed by atoms with van der Waals surface area (Å²) in [5, 5.41) is 0. The van der Waals surface area contributed by atoms with Crippen LogP contribution in [0.25, 0.3) is 0 Å². The lowest BCUT2D eigenvalue weighted by atomic mass is 9.94. The molecule has 1 aliphatic rings. The standard InChI is InChI=1S/C18H24O5/c1-3-15(19)13-8-10-14(11-9-13)22-12-18(20)23-17-7-5-4-6-16(17)21-2/h8-11,16-17H,3-7,12H2,1-2H3. The van der Waals surface area contributed by atoms with E-state index in [1.54, 1.807) is 31.4 Å². The Hall–Kier alpha value is -1.88. The molecule has 2 rings (SSSR count). The molecule has 0 radical (unpaired) electrons. The number of methoxy groups -OCH3 is 1. The highest BCUT2D eigenvalue weighted by Crippen LogP contribution is 2.23. The Morgan fingerprint density at radius 1 is 1.09 bits per heavy atom. The van der Waals surface area contributed by atoms with Gasteiger partial charge in [-0.3, -0.25) is 4.79 Å². The van der Waals surface area contributed by atoms with Gasteiger partial charge in [-0.25, -0.2) is 4.79 Å². The summed E-state index contributed by atoms with van der Waals surface area (Å²) >= 11 is 0. The molecule has 1 aromatic carbocycles.